The van der Waals surface area contributed by atoms with Gasteiger partial charge >= 0.3 is 0 Å². The number of hydrogen-bond acceptors (Lipinski definition) is 4. The van der Waals surface area contributed by atoms with E-state index in [1.807, 2.05) is 31.2 Å². The molecule has 140 valence electrons. The lowest BCUT2D eigenvalue weighted by molar-refractivity contribution is -0.113. The van der Waals surface area contributed by atoms with Crippen LogP contribution in [0.1, 0.15) is 25.8 Å². The van der Waals surface area contributed by atoms with Crippen LogP contribution in [0.25, 0.3) is 6.08 Å². The smallest absolute Gasteiger partial charge is 0.270 e. The molecule has 1 fully saturated rings. The van der Waals surface area contributed by atoms with E-state index in [0.717, 1.165) is 17.7 Å². The number of benzene rings is 2. The Morgan fingerprint density at radius 1 is 1.26 bits per heavy atom. The first-order valence-corrected chi connectivity index (χ1v) is 10.4. The van der Waals surface area contributed by atoms with Gasteiger partial charge in [-0.1, -0.05) is 72.3 Å². The Bertz CT molecular complexity index is 930. The van der Waals surface area contributed by atoms with E-state index >= 15 is 0 Å². The van der Waals surface area contributed by atoms with Crippen molar-refractivity contribution in [3.05, 3.63) is 63.0 Å². The van der Waals surface area contributed by atoms with E-state index in [-0.39, 0.29) is 12.0 Å². The van der Waals surface area contributed by atoms with Crippen molar-refractivity contribution in [3.63, 3.8) is 0 Å². The highest BCUT2D eigenvalue weighted by molar-refractivity contribution is 8.27. The highest BCUT2D eigenvalue weighted by atomic mass is 35.5. The van der Waals surface area contributed by atoms with E-state index in [1.54, 1.807) is 24.3 Å². The number of carbonyl (C=O) groups is 1. The summed E-state index contributed by atoms with van der Waals surface area (Å²) in [6.07, 6.45) is 2.79. The van der Waals surface area contributed by atoms with Crippen molar-refractivity contribution in [2.45, 2.75) is 26.4 Å². The van der Waals surface area contributed by atoms with Crippen LogP contribution in [-0.4, -0.2) is 16.3 Å². The summed E-state index contributed by atoms with van der Waals surface area (Å²) in [4.78, 5) is 14.9. The van der Waals surface area contributed by atoms with Crippen molar-refractivity contribution < 1.29 is 9.53 Å². The summed E-state index contributed by atoms with van der Waals surface area (Å²) in [6, 6.07) is 12.6. The van der Waals surface area contributed by atoms with Crippen molar-refractivity contribution in [1.29, 1.82) is 0 Å². The second-order valence-electron chi connectivity index (χ2n) is 5.99. The van der Waals surface area contributed by atoms with Gasteiger partial charge in [-0.05, 0) is 43.7 Å². The van der Waals surface area contributed by atoms with E-state index in [4.69, 9.17) is 40.2 Å². The van der Waals surface area contributed by atoms with Crippen LogP contribution in [0.5, 0.6) is 5.75 Å². The van der Waals surface area contributed by atoms with Gasteiger partial charge in [0.15, 0.2) is 4.32 Å². The number of hydrogen-bond donors (Lipinski definition) is 0. The number of ether oxygens (including phenoxy) is 1. The van der Waals surface area contributed by atoms with Crippen LogP contribution in [0.4, 0.5) is 5.69 Å². The molecule has 1 aliphatic heterocycles. The van der Waals surface area contributed by atoms with Gasteiger partial charge in [0.1, 0.15) is 5.75 Å². The zero-order valence-electron chi connectivity index (χ0n) is 14.7. The monoisotopic (exact) mass is 437 g/mol. The third-order valence-electron chi connectivity index (χ3n) is 4.05. The molecule has 3 rings (SSSR count). The number of nitrogens with zero attached hydrogens (tertiary/aromatic N) is 1. The van der Waals surface area contributed by atoms with Crippen LogP contribution in [0.3, 0.4) is 0 Å². The van der Waals surface area contributed by atoms with Crippen LogP contribution in [0, 0.1) is 0 Å². The predicted octanol–water partition coefficient (Wildman–Crippen LogP) is 6.58. The minimum Gasteiger partial charge on any atom is -0.490 e. The Hall–Kier alpha value is -1.53. The number of halogens is 2. The summed E-state index contributed by atoms with van der Waals surface area (Å²) in [7, 11) is 0. The Morgan fingerprint density at radius 2 is 2.00 bits per heavy atom. The molecule has 7 heteroatoms. The average Bonchev–Trinajstić information content (AvgIpc) is 2.90. The van der Waals surface area contributed by atoms with E-state index in [9.17, 15) is 4.79 Å². The maximum Gasteiger partial charge on any atom is 0.270 e. The molecule has 0 aromatic heterocycles. The molecule has 0 N–H and O–H groups in total. The summed E-state index contributed by atoms with van der Waals surface area (Å²) in [6.45, 7) is 4.08. The Kier molecular flexibility index (Phi) is 6.48. The molecule has 0 bridgehead atoms. The fraction of sp³-hybridized carbons (Fsp3) is 0.200. The Labute approximate surface area is 178 Å². The molecule has 0 aliphatic carbocycles. The molecule has 1 atom stereocenters. The van der Waals surface area contributed by atoms with Gasteiger partial charge in [0.25, 0.3) is 5.91 Å². The molecule has 27 heavy (non-hydrogen) atoms. The summed E-state index contributed by atoms with van der Waals surface area (Å²) in [5.74, 6) is 0.522. The first-order valence-electron chi connectivity index (χ1n) is 8.39. The molecule has 1 heterocycles. The fourth-order valence-corrected chi connectivity index (χ4v) is 4.26. The number of thioether (sulfide) groups is 1. The van der Waals surface area contributed by atoms with Gasteiger partial charge in [-0.25, -0.2) is 0 Å². The summed E-state index contributed by atoms with van der Waals surface area (Å²) in [5.41, 5.74) is 1.36. The zero-order valence-corrected chi connectivity index (χ0v) is 17.9. The number of rotatable bonds is 5. The number of anilines is 1. The van der Waals surface area contributed by atoms with Crippen LogP contribution in [-0.2, 0) is 4.79 Å². The third-order valence-corrected chi connectivity index (χ3v) is 5.89. The van der Waals surface area contributed by atoms with Crippen molar-refractivity contribution in [3.8, 4) is 5.75 Å². The molecule has 0 spiro atoms. The SMILES string of the molecule is CC[C@@H](C)Oc1ccccc1/C=C1\SC(=S)N(c2ccc(Cl)cc2Cl)C1=O. The number of para-hydroxylation sites is 1. The second kappa shape index (κ2) is 8.65. The molecular weight excluding hydrogens is 421 g/mol. The van der Waals surface area contributed by atoms with Gasteiger partial charge in [-0.3, -0.25) is 9.69 Å². The molecule has 0 unspecified atom stereocenters. The van der Waals surface area contributed by atoms with Gasteiger partial charge in [0.2, 0.25) is 0 Å². The second-order valence-corrected chi connectivity index (χ2v) is 8.51. The molecular formula is C20H17Cl2NO2S2. The highest BCUT2D eigenvalue weighted by Crippen LogP contribution is 2.40. The van der Waals surface area contributed by atoms with Gasteiger partial charge < -0.3 is 4.74 Å². The third kappa shape index (κ3) is 4.49. The Morgan fingerprint density at radius 3 is 2.70 bits per heavy atom. The minimum absolute atomic E-state index is 0.0851. The molecule has 3 nitrogen and oxygen atoms in total. The molecule has 1 amide bonds. The van der Waals surface area contributed by atoms with Crippen molar-refractivity contribution in [2.24, 2.45) is 0 Å². The van der Waals surface area contributed by atoms with Crippen molar-refractivity contribution in [2.75, 3.05) is 4.90 Å². The van der Waals surface area contributed by atoms with Gasteiger partial charge in [0, 0.05) is 10.6 Å². The number of carbonyl (C=O) groups excluding carboxylic acids is 1. The van der Waals surface area contributed by atoms with E-state index in [1.165, 1.54) is 16.7 Å². The summed E-state index contributed by atoms with van der Waals surface area (Å²) in [5, 5.41) is 0.876. The first-order chi connectivity index (χ1) is 12.9. The maximum absolute atomic E-state index is 13.0. The summed E-state index contributed by atoms with van der Waals surface area (Å²) < 4.78 is 6.39. The van der Waals surface area contributed by atoms with E-state index in [0.29, 0.717) is 25.0 Å². The fourth-order valence-electron chi connectivity index (χ4n) is 2.49. The summed E-state index contributed by atoms with van der Waals surface area (Å²) >= 11 is 18.9. The topological polar surface area (TPSA) is 29.5 Å². The van der Waals surface area contributed by atoms with Crippen LogP contribution in [0.15, 0.2) is 47.4 Å². The number of thiocarbonyl (C=S) groups is 1. The molecule has 1 aliphatic rings. The molecule has 1 saturated heterocycles. The standard InChI is InChI=1S/C20H17Cl2NO2S2/c1-3-12(2)25-17-7-5-4-6-13(17)10-18-19(24)23(20(26)27-18)16-9-8-14(21)11-15(16)22/h4-12H,3H2,1-2H3/b18-10-/t12-/m1/s1. The normalized spacial score (nSPS) is 16.9. The van der Waals surface area contributed by atoms with Crippen LogP contribution >= 0.6 is 47.2 Å². The molecule has 0 radical (unpaired) electrons. The van der Waals surface area contributed by atoms with Gasteiger partial charge in [0.05, 0.1) is 21.7 Å². The molecule has 2 aromatic carbocycles. The molecule has 0 saturated carbocycles. The lowest BCUT2D eigenvalue weighted by Crippen LogP contribution is -2.27. The predicted molar refractivity (Wildman–Crippen MR) is 119 cm³/mol. The largest absolute Gasteiger partial charge is 0.490 e. The van der Waals surface area contributed by atoms with Gasteiger partial charge in [-0.2, -0.15) is 0 Å². The Balaban J connectivity index is 1.93. The lowest BCUT2D eigenvalue weighted by atomic mass is 10.1. The van der Waals surface area contributed by atoms with E-state index < -0.39 is 0 Å². The molecule has 2 aromatic rings. The van der Waals surface area contributed by atoms with Gasteiger partial charge in [-0.15, -0.1) is 0 Å². The maximum atomic E-state index is 13.0. The highest BCUT2D eigenvalue weighted by Gasteiger charge is 2.34. The number of amides is 1. The van der Waals surface area contributed by atoms with Crippen LogP contribution in [0.2, 0.25) is 10.0 Å². The average molecular weight is 438 g/mol. The van der Waals surface area contributed by atoms with Crippen molar-refractivity contribution in [1.82, 2.24) is 0 Å². The quantitative estimate of drug-likeness (QED) is 0.390. The van der Waals surface area contributed by atoms with Crippen molar-refractivity contribution >= 4 is 69.2 Å². The zero-order chi connectivity index (χ0) is 19.6. The van der Waals surface area contributed by atoms with E-state index in [2.05, 4.69) is 6.92 Å². The van der Waals surface area contributed by atoms with Crippen LogP contribution < -0.4 is 9.64 Å². The first kappa shape index (κ1) is 20.2. The minimum atomic E-state index is -0.215. The lowest BCUT2D eigenvalue weighted by Gasteiger charge is -2.16.